The van der Waals surface area contributed by atoms with E-state index in [9.17, 15) is 14.0 Å². The summed E-state index contributed by atoms with van der Waals surface area (Å²) in [6, 6.07) is 3.43. The maximum atomic E-state index is 12.9. The number of nitrogens with one attached hydrogen (secondary N) is 1. The van der Waals surface area contributed by atoms with Crippen LogP contribution in [0.3, 0.4) is 0 Å². The minimum Gasteiger partial charge on any atom is -0.481 e. The molecule has 0 bridgehead atoms. The van der Waals surface area contributed by atoms with Gasteiger partial charge < -0.3 is 10.4 Å². The van der Waals surface area contributed by atoms with Gasteiger partial charge in [-0.15, -0.1) is 0 Å². The lowest BCUT2D eigenvalue weighted by Crippen LogP contribution is -2.36. The lowest BCUT2D eigenvalue weighted by Gasteiger charge is -2.15. The van der Waals surface area contributed by atoms with E-state index in [1.807, 2.05) is 22.6 Å². The summed E-state index contributed by atoms with van der Waals surface area (Å²) in [6.45, 7) is 1.80. The van der Waals surface area contributed by atoms with Crippen LogP contribution in [0, 0.1) is 9.39 Å². The van der Waals surface area contributed by atoms with Crippen molar-refractivity contribution < 1.29 is 19.1 Å². The smallest absolute Gasteiger partial charge is 0.305 e. The Bertz CT molecular complexity index is 465. The number of benzene rings is 1. The van der Waals surface area contributed by atoms with Crippen LogP contribution in [0.25, 0.3) is 0 Å². The zero-order chi connectivity index (χ0) is 13.7. The van der Waals surface area contributed by atoms with Crippen LogP contribution in [-0.4, -0.2) is 23.0 Å². The van der Waals surface area contributed by atoms with Gasteiger partial charge in [0.1, 0.15) is 5.82 Å². The highest BCUT2D eigenvalue weighted by molar-refractivity contribution is 14.1. The maximum absolute atomic E-state index is 12.9. The van der Waals surface area contributed by atoms with Crippen LogP contribution in [0.2, 0.25) is 0 Å². The predicted molar refractivity (Wildman–Crippen MR) is 72.9 cm³/mol. The second-order valence-electron chi connectivity index (χ2n) is 3.80. The van der Waals surface area contributed by atoms with E-state index in [2.05, 4.69) is 5.32 Å². The summed E-state index contributed by atoms with van der Waals surface area (Å²) in [7, 11) is 0. The third-order valence-corrected chi connectivity index (χ3v) is 3.32. The summed E-state index contributed by atoms with van der Waals surface area (Å²) in [5, 5.41) is 11.3. The second-order valence-corrected chi connectivity index (χ2v) is 4.96. The summed E-state index contributed by atoms with van der Waals surface area (Å²) < 4.78 is 13.4. The van der Waals surface area contributed by atoms with Gasteiger partial charge in [0.15, 0.2) is 0 Å². The molecule has 0 saturated carbocycles. The number of rotatable bonds is 5. The number of amides is 1. The monoisotopic (exact) mass is 365 g/mol. The van der Waals surface area contributed by atoms with Gasteiger partial charge in [-0.05, 0) is 47.2 Å². The third kappa shape index (κ3) is 4.25. The number of hydrogen-bond donors (Lipinski definition) is 2. The van der Waals surface area contributed by atoms with Gasteiger partial charge in [0, 0.05) is 9.61 Å². The summed E-state index contributed by atoms with van der Waals surface area (Å²) >= 11 is 1.87. The molecule has 0 saturated heterocycles. The Morgan fingerprint density at radius 1 is 1.50 bits per heavy atom. The largest absolute Gasteiger partial charge is 0.481 e. The number of carboxylic acids is 1. The molecule has 1 unspecified atom stereocenters. The summed E-state index contributed by atoms with van der Waals surface area (Å²) in [6.07, 6.45) is 0.399. The minimum atomic E-state index is -0.962. The number of carbonyl (C=O) groups excluding carboxylic acids is 1. The first-order valence-corrected chi connectivity index (χ1v) is 6.49. The Kier molecular flexibility index (Phi) is 5.52. The lowest BCUT2D eigenvalue weighted by atomic mass is 10.1. The zero-order valence-corrected chi connectivity index (χ0v) is 11.9. The fourth-order valence-electron chi connectivity index (χ4n) is 1.44. The molecule has 1 amide bonds. The van der Waals surface area contributed by atoms with Crippen molar-refractivity contribution in [2.45, 2.75) is 25.8 Å². The quantitative estimate of drug-likeness (QED) is 0.788. The SMILES string of the molecule is CCC(CC(=O)O)NC(=O)c1ccc(F)cc1I. The van der Waals surface area contributed by atoms with E-state index in [4.69, 9.17) is 5.11 Å². The van der Waals surface area contributed by atoms with Crippen molar-refractivity contribution in [2.75, 3.05) is 0 Å². The highest BCUT2D eigenvalue weighted by Crippen LogP contribution is 2.14. The molecule has 0 aliphatic rings. The molecule has 0 aromatic heterocycles. The van der Waals surface area contributed by atoms with Crippen LogP contribution in [0.15, 0.2) is 18.2 Å². The summed E-state index contributed by atoms with van der Waals surface area (Å²) in [4.78, 5) is 22.5. The molecule has 6 heteroatoms. The van der Waals surface area contributed by atoms with Gasteiger partial charge in [-0.1, -0.05) is 6.92 Å². The van der Waals surface area contributed by atoms with E-state index < -0.39 is 17.8 Å². The van der Waals surface area contributed by atoms with Gasteiger partial charge in [0.25, 0.3) is 5.91 Å². The molecule has 4 nitrogen and oxygen atoms in total. The first-order valence-electron chi connectivity index (χ1n) is 5.41. The average molecular weight is 365 g/mol. The van der Waals surface area contributed by atoms with Crippen molar-refractivity contribution in [3.63, 3.8) is 0 Å². The van der Waals surface area contributed by atoms with E-state index in [0.29, 0.717) is 15.6 Å². The van der Waals surface area contributed by atoms with Gasteiger partial charge >= 0.3 is 5.97 Å². The number of carboxylic acid groups (broad SMARTS) is 1. The van der Waals surface area contributed by atoms with E-state index >= 15 is 0 Å². The Morgan fingerprint density at radius 3 is 2.67 bits per heavy atom. The standard InChI is InChI=1S/C12H13FINO3/c1-2-8(6-11(16)17)15-12(18)9-4-3-7(13)5-10(9)14/h3-5,8H,2,6H2,1H3,(H,15,18)(H,16,17). The highest BCUT2D eigenvalue weighted by Gasteiger charge is 2.17. The van der Waals surface area contributed by atoms with Gasteiger partial charge in [0.05, 0.1) is 12.0 Å². The first-order chi connectivity index (χ1) is 8.43. The molecule has 1 aromatic carbocycles. The van der Waals surface area contributed by atoms with Crippen LogP contribution < -0.4 is 5.32 Å². The molecule has 0 aliphatic carbocycles. The van der Waals surface area contributed by atoms with Crippen LogP contribution in [-0.2, 0) is 4.79 Å². The Balaban J connectivity index is 2.77. The van der Waals surface area contributed by atoms with E-state index in [-0.39, 0.29) is 12.3 Å². The van der Waals surface area contributed by atoms with E-state index in [1.165, 1.54) is 18.2 Å². The van der Waals surface area contributed by atoms with Crippen molar-refractivity contribution in [3.8, 4) is 0 Å². The van der Waals surface area contributed by atoms with Crippen molar-refractivity contribution in [1.29, 1.82) is 0 Å². The Hall–Kier alpha value is -1.18. The average Bonchev–Trinajstić information content (AvgIpc) is 2.27. The summed E-state index contributed by atoms with van der Waals surface area (Å²) in [5.74, 6) is -1.75. The molecule has 0 radical (unpaired) electrons. The number of carbonyl (C=O) groups is 2. The second kappa shape index (κ2) is 6.67. The van der Waals surface area contributed by atoms with E-state index in [0.717, 1.165) is 0 Å². The van der Waals surface area contributed by atoms with Gasteiger partial charge in [-0.3, -0.25) is 9.59 Å². The fourth-order valence-corrected chi connectivity index (χ4v) is 2.17. The molecule has 0 aliphatic heterocycles. The van der Waals surface area contributed by atoms with Gasteiger partial charge in [-0.25, -0.2) is 4.39 Å². The molecule has 0 spiro atoms. The number of aliphatic carboxylic acids is 1. The molecule has 0 fully saturated rings. The van der Waals surface area contributed by atoms with Crippen LogP contribution >= 0.6 is 22.6 Å². The van der Waals surface area contributed by atoms with Crippen molar-refractivity contribution in [1.82, 2.24) is 5.32 Å². The van der Waals surface area contributed by atoms with Crippen LogP contribution in [0.1, 0.15) is 30.1 Å². The fraction of sp³-hybridized carbons (Fsp3) is 0.333. The Labute approximate surface area is 118 Å². The molecular formula is C12H13FINO3. The molecule has 18 heavy (non-hydrogen) atoms. The topological polar surface area (TPSA) is 66.4 Å². The van der Waals surface area contributed by atoms with Crippen LogP contribution in [0.4, 0.5) is 4.39 Å². The summed E-state index contributed by atoms with van der Waals surface area (Å²) in [5.41, 5.74) is 0.348. The predicted octanol–water partition coefficient (Wildman–Crippen LogP) is 2.41. The normalized spacial score (nSPS) is 11.9. The minimum absolute atomic E-state index is 0.125. The molecular weight excluding hydrogens is 352 g/mol. The van der Waals surface area contributed by atoms with Crippen molar-refractivity contribution >= 4 is 34.5 Å². The zero-order valence-electron chi connectivity index (χ0n) is 9.74. The first kappa shape index (κ1) is 14.9. The number of halogens is 2. The molecule has 1 aromatic rings. The lowest BCUT2D eigenvalue weighted by molar-refractivity contribution is -0.137. The van der Waals surface area contributed by atoms with Gasteiger partial charge in [-0.2, -0.15) is 0 Å². The van der Waals surface area contributed by atoms with Gasteiger partial charge in [0.2, 0.25) is 0 Å². The van der Waals surface area contributed by atoms with Crippen molar-refractivity contribution in [3.05, 3.63) is 33.1 Å². The molecule has 98 valence electrons. The van der Waals surface area contributed by atoms with Crippen molar-refractivity contribution in [2.24, 2.45) is 0 Å². The van der Waals surface area contributed by atoms with Crippen LogP contribution in [0.5, 0.6) is 0 Å². The molecule has 2 N–H and O–H groups in total. The van der Waals surface area contributed by atoms with E-state index in [1.54, 1.807) is 6.92 Å². The molecule has 1 atom stereocenters. The highest BCUT2D eigenvalue weighted by atomic mass is 127. The molecule has 0 heterocycles. The number of hydrogen-bond acceptors (Lipinski definition) is 2. The maximum Gasteiger partial charge on any atom is 0.305 e. The Morgan fingerprint density at radius 2 is 2.17 bits per heavy atom. The third-order valence-electron chi connectivity index (χ3n) is 2.42. The molecule has 1 rings (SSSR count).